The van der Waals surface area contributed by atoms with Crippen LogP contribution < -0.4 is 5.19 Å². The second kappa shape index (κ2) is 8.95. The highest BCUT2D eigenvalue weighted by Crippen LogP contribution is 2.58. The summed E-state index contributed by atoms with van der Waals surface area (Å²) in [6, 6.07) is 23.2. The molecule has 0 fully saturated rings. The van der Waals surface area contributed by atoms with Crippen LogP contribution in [0.4, 0.5) is 0 Å². The van der Waals surface area contributed by atoms with Crippen LogP contribution in [0.3, 0.4) is 0 Å². The summed E-state index contributed by atoms with van der Waals surface area (Å²) < 4.78 is 0. The summed E-state index contributed by atoms with van der Waals surface area (Å²) in [4.78, 5) is 0. The zero-order valence-corrected chi connectivity index (χ0v) is 23.1. The lowest BCUT2D eigenvalue weighted by atomic mass is 9.83. The Hall–Kier alpha value is -2.64. The van der Waals surface area contributed by atoms with Gasteiger partial charge in [0.05, 0.1) is 9.52 Å². The highest BCUT2D eigenvalue weighted by Gasteiger charge is 2.43. The average Bonchev–Trinajstić information content (AvgIpc) is 2.92. The van der Waals surface area contributed by atoms with Crippen LogP contribution in [-0.2, 0) is 6.42 Å². The molecule has 0 heterocycles. The van der Waals surface area contributed by atoms with Gasteiger partial charge < -0.3 is 0 Å². The van der Waals surface area contributed by atoms with Gasteiger partial charge >= 0.3 is 0 Å². The van der Waals surface area contributed by atoms with Crippen LogP contribution in [0.2, 0.25) is 5.04 Å². The Morgan fingerprint density at radius 1 is 0.667 bits per heavy atom. The van der Waals surface area contributed by atoms with E-state index < -0.39 is 9.52 Å². The van der Waals surface area contributed by atoms with Crippen LogP contribution >= 0.6 is 0 Å². The monoisotopic (exact) mass is 450 g/mol. The summed E-state index contributed by atoms with van der Waals surface area (Å²) in [7, 11) is -0.687. The molecule has 0 nitrogen and oxygen atoms in total. The van der Waals surface area contributed by atoms with E-state index in [-0.39, 0.29) is 5.04 Å². The Kier molecular flexibility index (Phi) is 6.38. The van der Waals surface area contributed by atoms with Gasteiger partial charge in [0.25, 0.3) is 0 Å². The van der Waals surface area contributed by atoms with Crippen LogP contribution in [0, 0.1) is 34.6 Å². The van der Waals surface area contributed by atoms with Gasteiger partial charge in [-0.2, -0.15) is 0 Å². The highest BCUT2D eigenvalue weighted by molar-refractivity contribution is 6.61. The first-order valence-electron chi connectivity index (χ1n) is 12.2. The summed E-state index contributed by atoms with van der Waals surface area (Å²) in [5, 5.41) is 1.67. The molecule has 4 rings (SSSR count). The second-order valence-electron chi connectivity index (χ2n) is 10.4. The third-order valence-corrected chi connectivity index (χ3v) is 10.6. The lowest BCUT2D eigenvalue weighted by Crippen LogP contribution is -2.34. The van der Waals surface area contributed by atoms with Gasteiger partial charge in [0.2, 0.25) is 0 Å². The van der Waals surface area contributed by atoms with E-state index in [1.165, 1.54) is 50.1 Å². The van der Waals surface area contributed by atoms with E-state index in [4.69, 9.17) is 0 Å². The van der Waals surface area contributed by atoms with E-state index in [0.29, 0.717) is 0 Å². The summed E-state index contributed by atoms with van der Waals surface area (Å²) in [6.07, 6.45) is 1.08. The van der Waals surface area contributed by atoms with Crippen molar-refractivity contribution in [2.75, 3.05) is 0 Å². The maximum absolute atomic E-state index is 2.48. The van der Waals surface area contributed by atoms with Gasteiger partial charge in [0, 0.05) is 5.04 Å². The van der Waals surface area contributed by atoms with Gasteiger partial charge in [0.15, 0.2) is 0 Å². The maximum Gasteiger partial charge on any atom is 0.0718 e. The number of aryl methyl sites for hydroxylation is 4. The van der Waals surface area contributed by atoms with Crippen molar-refractivity contribution >= 4 is 20.3 Å². The van der Waals surface area contributed by atoms with Crippen LogP contribution in [0.1, 0.15) is 59.7 Å². The lowest BCUT2D eigenvalue weighted by Gasteiger charge is -2.36. The van der Waals surface area contributed by atoms with Gasteiger partial charge in [0.1, 0.15) is 0 Å². The number of allylic oxidation sites excluding steroid dienone is 4. The molecule has 0 aliphatic heterocycles. The van der Waals surface area contributed by atoms with Crippen molar-refractivity contribution in [3.63, 3.8) is 0 Å². The van der Waals surface area contributed by atoms with Crippen molar-refractivity contribution < 1.29 is 0 Å². The first kappa shape index (κ1) is 23.5. The van der Waals surface area contributed by atoms with Gasteiger partial charge in [-0.3, -0.25) is 0 Å². The molecule has 0 N–H and O–H groups in total. The lowest BCUT2D eigenvalue weighted by molar-refractivity contribution is 0.795. The molecule has 3 aromatic rings. The summed E-state index contributed by atoms with van der Waals surface area (Å²) in [5.74, 6) is 0. The Morgan fingerprint density at radius 3 is 1.82 bits per heavy atom. The Bertz CT molecular complexity index is 1230. The zero-order chi connectivity index (χ0) is 23.9. The standard InChI is InChI=1S/C32H38Si/c1-20-14-21(2)16-28(15-20)19-32(33-30-17-22(3)24(5)23(4)18-30)27(8)25(6)26(7)31(32)29-12-10-9-11-13-29/h9-18H,19,33H2,1-8H3. The predicted molar refractivity (Wildman–Crippen MR) is 149 cm³/mol. The third-order valence-electron chi connectivity index (χ3n) is 8.04. The first-order valence-corrected chi connectivity index (χ1v) is 13.6. The molecular weight excluding hydrogens is 412 g/mol. The second-order valence-corrected chi connectivity index (χ2v) is 12.8. The first-order chi connectivity index (χ1) is 15.6. The van der Waals surface area contributed by atoms with Gasteiger partial charge in [-0.05, 0) is 106 Å². The summed E-state index contributed by atoms with van der Waals surface area (Å²) in [6.45, 7) is 18.4. The van der Waals surface area contributed by atoms with Crippen molar-refractivity contribution in [2.45, 2.75) is 66.8 Å². The topological polar surface area (TPSA) is 0 Å². The quantitative estimate of drug-likeness (QED) is 0.359. The maximum atomic E-state index is 2.48. The fourth-order valence-corrected chi connectivity index (χ4v) is 9.18. The summed E-state index contributed by atoms with van der Waals surface area (Å²) >= 11 is 0. The van der Waals surface area contributed by atoms with E-state index in [9.17, 15) is 0 Å². The molecule has 0 aromatic heterocycles. The predicted octanol–water partition coefficient (Wildman–Crippen LogP) is 7.25. The molecular formula is C32H38Si. The minimum atomic E-state index is -0.687. The van der Waals surface area contributed by atoms with E-state index in [0.717, 1.165) is 6.42 Å². The summed E-state index contributed by atoms with van der Waals surface area (Å²) in [5.41, 5.74) is 16.0. The molecule has 1 aliphatic rings. The van der Waals surface area contributed by atoms with Crippen molar-refractivity contribution in [2.24, 2.45) is 0 Å². The fourth-order valence-electron chi connectivity index (χ4n) is 6.07. The van der Waals surface area contributed by atoms with E-state index in [1.807, 2.05) is 0 Å². The third kappa shape index (κ3) is 4.31. The molecule has 0 amide bonds. The van der Waals surface area contributed by atoms with Crippen LogP contribution in [-0.4, -0.2) is 9.52 Å². The van der Waals surface area contributed by atoms with Crippen molar-refractivity contribution in [3.8, 4) is 0 Å². The zero-order valence-electron chi connectivity index (χ0n) is 21.7. The van der Waals surface area contributed by atoms with Crippen LogP contribution in [0.5, 0.6) is 0 Å². The molecule has 0 spiro atoms. The van der Waals surface area contributed by atoms with Crippen molar-refractivity contribution in [3.05, 3.63) is 116 Å². The Balaban J connectivity index is 1.95. The molecule has 1 aliphatic carbocycles. The molecule has 0 saturated heterocycles. The number of benzene rings is 3. The molecule has 3 aromatic carbocycles. The van der Waals surface area contributed by atoms with Crippen LogP contribution in [0.15, 0.2) is 77.4 Å². The average molecular weight is 451 g/mol. The van der Waals surface area contributed by atoms with Crippen molar-refractivity contribution in [1.82, 2.24) is 0 Å². The van der Waals surface area contributed by atoms with Gasteiger partial charge in [-0.1, -0.05) is 82.6 Å². The molecule has 1 heteroatoms. The number of hydrogen-bond donors (Lipinski definition) is 0. The normalized spacial score (nSPS) is 18.8. The van der Waals surface area contributed by atoms with Gasteiger partial charge in [-0.25, -0.2) is 0 Å². The largest absolute Gasteiger partial charge is 0.0718 e. The SMILES string of the molecule is CC1=C(C)C(Cc2cc(C)cc(C)c2)([SiH2]c2cc(C)c(C)c(C)c2)C(c2ccccc2)=C1C. The highest BCUT2D eigenvalue weighted by atomic mass is 28.2. The molecule has 0 saturated carbocycles. The molecule has 170 valence electrons. The molecule has 0 bridgehead atoms. The Labute approximate surface area is 203 Å². The van der Waals surface area contributed by atoms with Gasteiger partial charge in [-0.15, -0.1) is 0 Å². The molecule has 33 heavy (non-hydrogen) atoms. The molecule has 0 radical (unpaired) electrons. The van der Waals surface area contributed by atoms with E-state index >= 15 is 0 Å². The smallest absolute Gasteiger partial charge is 0.0650 e. The van der Waals surface area contributed by atoms with Crippen molar-refractivity contribution in [1.29, 1.82) is 0 Å². The fraction of sp³-hybridized carbons (Fsp3) is 0.312. The Morgan fingerprint density at radius 2 is 1.24 bits per heavy atom. The number of hydrogen-bond acceptors (Lipinski definition) is 0. The minimum Gasteiger partial charge on any atom is -0.0650 e. The van der Waals surface area contributed by atoms with E-state index in [2.05, 4.69) is 116 Å². The molecule has 1 atom stereocenters. The van der Waals surface area contributed by atoms with Crippen LogP contribution in [0.25, 0.3) is 5.57 Å². The van der Waals surface area contributed by atoms with E-state index in [1.54, 1.807) is 16.3 Å². The molecule has 1 unspecified atom stereocenters. The minimum absolute atomic E-state index is 0.0872. The number of rotatable bonds is 5.